The first-order valence-electron chi connectivity index (χ1n) is 7.02. The molecule has 3 unspecified atom stereocenters. The van der Waals surface area contributed by atoms with Gasteiger partial charge in [0.15, 0.2) is 0 Å². The molecule has 0 saturated heterocycles. The fourth-order valence-corrected chi connectivity index (χ4v) is 3.01. The minimum Gasteiger partial charge on any atom is -0.353 e. The van der Waals surface area contributed by atoms with Crippen molar-refractivity contribution in [2.75, 3.05) is 6.54 Å². The molecule has 1 amide bonds. The number of hydrogen-bond donors (Lipinski definition) is 2. The molecule has 17 heavy (non-hydrogen) atoms. The summed E-state index contributed by atoms with van der Waals surface area (Å²) in [4.78, 5) is 11.5. The molecule has 0 bridgehead atoms. The molecule has 0 radical (unpaired) electrons. The first-order valence-corrected chi connectivity index (χ1v) is 7.02. The van der Waals surface area contributed by atoms with Crippen LogP contribution in [0.3, 0.4) is 0 Å². The van der Waals surface area contributed by atoms with E-state index in [0.717, 1.165) is 24.8 Å². The molecule has 0 heterocycles. The van der Waals surface area contributed by atoms with E-state index in [2.05, 4.69) is 22.8 Å². The van der Waals surface area contributed by atoms with Gasteiger partial charge in [-0.1, -0.05) is 12.2 Å². The van der Waals surface area contributed by atoms with Gasteiger partial charge in [0.2, 0.25) is 5.91 Å². The minimum atomic E-state index is 0.238. The Hall–Kier alpha value is -0.830. The van der Waals surface area contributed by atoms with Crippen LogP contribution >= 0.6 is 0 Å². The second kappa shape index (κ2) is 4.81. The van der Waals surface area contributed by atoms with Gasteiger partial charge in [0.05, 0.1) is 0 Å². The molecule has 3 rings (SSSR count). The van der Waals surface area contributed by atoms with Crippen LogP contribution in [0.1, 0.15) is 38.5 Å². The first kappa shape index (κ1) is 11.3. The van der Waals surface area contributed by atoms with Gasteiger partial charge in [0, 0.05) is 18.5 Å². The smallest absolute Gasteiger partial charge is 0.220 e. The summed E-state index contributed by atoms with van der Waals surface area (Å²) in [5, 5.41) is 6.61. The number of rotatable bonds is 6. The van der Waals surface area contributed by atoms with E-state index in [0.29, 0.717) is 18.5 Å². The van der Waals surface area contributed by atoms with E-state index in [1.54, 1.807) is 0 Å². The summed E-state index contributed by atoms with van der Waals surface area (Å²) >= 11 is 0. The van der Waals surface area contributed by atoms with E-state index >= 15 is 0 Å². The Kier molecular flexibility index (Phi) is 3.19. The average Bonchev–Trinajstić information content (AvgIpc) is 3.01. The lowest BCUT2D eigenvalue weighted by atomic mass is 9.71. The third kappa shape index (κ3) is 2.71. The summed E-state index contributed by atoms with van der Waals surface area (Å²) in [5.41, 5.74) is 0. The molecule has 0 aromatic heterocycles. The lowest BCUT2D eigenvalue weighted by molar-refractivity contribution is -0.121. The predicted octanol–water partition coefficient (Wildman–Crippen LogP) is 1.60. The van der Waals surface area contributed by atoms with Crippen LogP contribution in [0.2, 0.25) is 0 Å². The van der Waals surface area contributed by atoms with Crippen LogP contribution in [-0.4, -0.2) is 24.5 Å². The van der Waals surface area contributed by atoms with Gasteiger partial charge in [0.1, 0.15) is 0 Å². The quantitative estimate of drug-likeness (QED) is 0.541. The van der Waals surface area contributed by atoms with Crippen molar-refractivity contribution in [3.63, 3.8) is 0 Å². The molecule has 0 aromatic rings. The van der Waals surface area contributed by atoms with Crippen molar-refractivity contribution in [1.82, 2.24) is 10.6 Å². The van der Waals surface area contributed by atoms with Crippen LogP contribution < -0.4 is 10.6 Å². The lowest BCUT2D eigenvalue weighted by Crippen LogP contribution is -2.48. The SMILES string of the molecule is O=C(CCCNC1CC2CC=CC21)NC1CC1. The van der Waals surface area contributed by atoms with Crippen LogP contribution in [0.25, 0.3) is 0 Å². The average molecular weight is 234 g/mol. The zero-order chi connectivity index (χ0) is 11.7. The Morgan fingerprint density at radius 2 is 2.24 bits per heavy atom. The van der Waals surface area contributed by atoms with Crippen LogP contribution in [0, 0.1) is 11.8 Å². The Balaban J connectivity index is 1.25. The maximum Gasteiger partial charge on any atom is 0.220 e. The van der Waals surface area contributed by atoms with Crippen LogP contribution in [0.15, 0.2) is 12.2 Å². The van der Waals surface area contributed by atoms with E-state index in [9.17, 15) is 4.79 Å². The van der Waals surface area contributed by atoms with Crippen molar-refractivity contribution in [1.29, 1.82) is 0 Å². The van der Waals surface area contributed by atoms with Gasteiger partial charge in [-0.15, -0.1) is 0 Å². The van der Waals surface area contributed by atoms with E-state index in [1.807, 2.05) is 0 Å². The molecule has 2 N–H and O–H groups in total. The van der Waals surface area contributed by atoms with E-state index in [1.165, 1.54) is 25.7 Å². The highest BCUT2D eigenvalue weighted by atomic mass is 16.1. The van der Waals surface area contributed by atoms with Gasteiger partial charge in [-0.2, -0.15) is 0 Å². The van der Waals surface area contributed by atoms with Crippen molar-refractivity contribution < 1.29 is 4.79 Å². The number of hydrogen-bond acceptors (Lipinski definition) is 2. The second-order valence-corrected chi connectivity index (χ2v) is 5.74. The van der Waals surface area contributed by atoms with Crippen molar-refractivity contribution in [3.05, 3.63) is 12.2 Å². The predicted molar refractivity (Wildman–Crippen MR) is 67.5 cm³/mol. The fraction of sp³-hybridized carbons (Fsp3) is 0.786. The van der Waals surface area contributed by atoms with Crippen molar-refractivity contribution in [2.24, 2.45) is 11.8 Å². The monoisotopic (exact) mass is 234 g/mol. The Labute approximate surface area is 103 Å². The lowest BCUT2D eigenvalue weighted by Gasteiger charge is -2.40. The topological polar surface area (TPSA) is 41.1 Å². The first-order chi connectivity index (χ1) is 8.33. The molecule has 0 spiro atoms. The standard InChI is InChI=1S/C14H22N2O/c17-14(16-11-6-7-11)5-2-8-15-13-9-10-3-1-4-12(10)13/h1,4,10-13,15H,2-3,5-9H2,(H,16,17). The molecule has 3 aliphatic rings. The Morgan fingerprint density at radius 3 is 3.00 bits per heavy atom. The largest absolute Gasteiger partial charge is 0.353 e. The number of carbonyl (C=O) groups is 1. The van der Waals surface area contributed by atoms with Gasteiger partial charge >= 0.3 is 0 Å². The van der Waals surface area contributed by atoms with Crippen LogP contribution in [0.4, 0.5) is 0 Å². The molecule has 3 atom stereocenters. The number of allylic oxidation sites excluding steroid dienone is 1. The molecule has 3 aliphatic carbocycles. The number of carbonyl (C=O) groups excluding carboxylic acids is 1. The molecule has 2 saturated carbocycles. The van der Waals surface area contributed by atoms with E-state index < -0.39 is 0 Å². The summed E-state index contributed by atoms with van der Waals surface area (Å²) in [5.74, 6) is 1.95. The van der Waals surface area contributed by atoms with Crippen molar-refractivity contribution in [2.45, 2.75) is 50.6 Å². The van der Waals surface area contributed by atoms with Crippen LogP contribution in [0.5, 0.6) is 0 Å². The number of nitrogens with one attached hydrogen (secondary N) is 2. The van der Waals surface area contributed by atoms with E-state index in [-0.39, 0.29) is 5.91 Å². The van der Waals surface area contributed by atoms with Gasteiger partial charge < -0.3 is 10.6 Å². The number of amides is 1. The molecule has 2 fully saturated rings. The summed E-state index contributed by atoms with van der Waals surface area (Å²) < 4.78 is 0. The van der Waals surface area contributed by atoms with Crippen molar-refractivity contribution >= 4 is 5.91 Å². The summed E-state index contributed by atoms with van der Waals surface area (Å²) in [7, 11) is 0. The van der Waals surface area contributed by atoms with Crippen molar-refractivity contribution in [3.8, 4) is 0 Å². The molecule has 3 nitrogen and oxygen atoms in total. The minimum absolute atomic E-state index is 0.238. The molecule has 94 valence electrons. The molecular weight excluding hydrogens is 212 g/mol. The van der Waals surface area contributed by atoms with E-state index in [4.69, 9.17) is 0 Å². The van der Waals surface area contributed by atoms with Gasteiger partial charge in [-0.05, 0) is 50.5 Å². The van der Waals surface area contributed by atoms with Gasteiger partial charge in [0.25, 0.3) is 0 Å². The summed E-state index contributed by atoms with van der Waals surface area (Å²) in [6, 6.07) is 1.19. The highest BCUT2D eigenvalue weighted by Gasteiger charge is 2.40. The van der Waals surface area contributed by atoms with Gasteiger partial charge in [-0.25, -0.2) is 0 Å². The summed E-state index contributed by atoms with van der Waals surface area (Å²) in [6.45, 7) is 0.986. The second-order valence-electron chi connectivity index (χ2n) is 5.74. The summed E-state index contributed by atoms with van der Waals surface area (Å²) in [6.07, 6.45) is 11.3. The molecule has 0 aromatic carbocycles. The molecule has 3 heteroatoms. The zero-order valence-corrected chi connectivity index (χ0v) is 10.3. The fourth-order valence-electron chi connectivity index (χ4n) is 3.01. The zero-order valence-electron chi connectivity index (χ0n) is 10.3. The highest BCUT2D eigenvalue weighted by Crippen LogP contribution is 2.42. The maximum absolute atomic E-state index is 11.5. The molecule has 0 aliphatic heterocycles. The Bertz CT molecular complexity index is 322. The normalized spacial score (nSPS) is 34.2. The Morgan fingerprint density at radius 1 is 1.35 bits per heavy atom. The maximum atomic E-state index is 11.5. The molecular formula is C14H22N2O. The third-order valence-corrected chi connectivity index (χ3v) is 4.29. The highest BCUT2D eigenvalue weighted by molar-refractivity contribution is 5.76. The van der Waals surface area contributed by atoms with Gasteiger partial charge in [-0.3, -0.25) is 4.79 Å². The third-order valence-electron chi connectivity index (χ3n) is 4.29. The van der Waals surface area contributed by atoms with Crippen LogP contribution in [-0.2, 0) is 4.79 Å². The number of fused-ring (bicyclic) bond motifs is 1.